The molecule has 1 aromatic rings. The maximum absolute atomic E-state index is 11.9. The lowest BCUT2D eigenvalue weighted by atomic mass is 10.1. The van der Waals surface area contributed by atoms with Crippen LogP contribution in [0, 0.1) is 0 Å². The molecule has 1 aromatic heterocycles. The summed E-state index contributed by atoms with van der Waals surface area (Å²) in [6, 6.07) is 2.16. The fourth-order valence-electron chi connectivity index (χ4n) is 1.98. The van der Waals surface area contributed by atoms with Crippen LogP contribution in [0.4, 0.5) is 0 Å². The number of halogens is 1. The highest BCUT2D eigenvalue weighted by Gasteiger charge is 2.19. The number of piperidine rings is 1. The molecule has 1 amide bonds. The minimum atomic E-state index is 0.0438. The van der Waals surface area contributed by atoms with E-state index < -0.39 is 0 Å². The number of carbonyl (C=O) groups is 1. The Balaban J connectivity index is 1.92. The van der Waals surface area contributed by atoms with Gasteiger partial charge in [-0.1, -0.05) is 0 Å². The average Bonchev–Trinajstić information content (AvgIpc) is 2.65. The molecule has 16 heavy (non-hydrogen) atoms. The van der Waals surface area contributed by atoms with Crippen molar-refractivity contribution in [2.45, 2.75) is 18.9 Å². The molecule has 0 spiro atoms. The predicted molar refractivity (Wildman–Crippen MR) is 70.0 cm³/mol. The second kappa shape index (κ2) is 5.29. The standard InChI is InChI=1S/C11H15BrN2OS/c1-14-4-2-3-9(6-14)13-11(15)8-5-10(12)16-7-8/h5,7,9H,2-4,6H2,1H3,(H,13,15). The zero-order valence-electron chi connectivity index (χ0n) is 9.20. The van der Waals surface area contributed by atoms with E-state index in [0.29, 0.717) is 6.04 Å². The molecule has 3 nitrogen and oxygen atoms in total. The Morgan fingerprint density at radius 1 is 1.69 bits per heavy atom. The molecule has 0 saturated carbocycles. The molecule has 0 bridgehead atoms. The first-order valence-corrected chi connectivity index (χ1v) is 7.06. The molecule has 1 N–H and O–H groups in total. The van der Waals surface area contributed by atoms with Crippen LogP contribution in [0.3, 0.4) is 0 Å². The lowest BCUT2D eigenvalue weighted by Gasteiger charge is -2.30. The zero-order chi connectivity index (χ0) is 11.5. The highest BCUT2D eigenvalue weighted by molar-refractivity contribution is 9.11. The fraction of sp³-hybridized carbons (Fsp3) is 0.545. The Labute approximate surface area is 108 Å². The van der Waals surface area contributed by atoms with Gasteiger partial charge in [-0.05, 0) is 48.4 Å². The minimum absolute atomic E-state index is 0.0438. The van der Waals surface area contributed by atoms with Crippen LogP contribution < -0.4 is 5.32 Å². The van der Waals surface area contributed by atoms with Crippen molar-refractivity contribution in [1.29, 1.82) is 0 Å². The van der Waals surface area contributed by atoms with E-state index in [4.69, 9.17) is 0 Å². The lowest BCUT2D eigenvalue weighted by molar-refractivity contribution is 0.0913. The van der Waals surface area contributed by atoms with E-state index in [1.54, 1.807) is 11.3 Å². The van der Waals surface area contributed by atoms with Crippen molar-refractivity contribution in [3.8, 4) is 0 Å². The summed E-state index contributed by atoms with van der Waals surface area (Å²) in [6.07, 6.45) is 2.25. The van der Waals surface area contributed by atoms with Gasteiger partial charge in [0.05, 0.1) is 9.35 Å². The van der Waals surface area contributed by atoms with E-state index >= 15 is 0 Å². The molecule has 1 fully saturated rings. The maximum Gasteiger partial charge on any atom is 0.252 e. The van der Waals surface area contributed by atoms with Gasteiger partial charge in [0.1, 0.15) is 0 Å². The van der Waals surface area contributed by atoms with E-state index in [1.807, 2.05) is 11.4 Å². The number of rotatable bonds is 2. The molecule has 88 valence electrons. The van der Waals surface area contributed by atoms with Gasteiger partial charge in [-0.15, -0.1) is 11.3 Å². The van der Waals surface area contributed by atoms with E-state index in [0.717, 1.165) is 35.3 Å². The Morgan fingerprint density at radius 2 is 2.50 bits per heavy atom. The van der Waals surface area contributed by atoms with Crippen LogP contribution in [0.5, 0.6) is 0 Å². The topological polar surface area (TPSA) is 32.3 Å². The number of likely N-dealkylation sites (tertiary alicyclic amines) is 1. The second-order valence-electron chi connectivity index (χ2n) is 4.21. The summed E-state index contributed by atoms with van der Waals surface area (Å²) in [5.41, 5.74) is 0.755. The van der Waals surface area contributed by atoms with E-state index in [-0.39, 0.29) is 5.91 Å². The van der Waals surface area contributed by atoms with Crippen LogP contribution in [0.2, 0.25) is 0 Å². The van der Waals surface area contributed by atoms with Crippen LogP contribution in [0.1, 0.15) is 23.2 Å². The Morgan fingerprint density at radius 3 is 3.12 bits per heavy atom. The van der Waals surface area contributed by atoms with Crippen LogP contribution in [0.25, 0.3) is 0 Å². The molecule has 0 aromatic carbocycles. The largest absolute Gasteiger partial charge is 0.348 e. The molecular formula is C11H15BrN2OS. The third-order valence-corrected chi connectivity index (χ3v) is 4.29. The van der Waals surface area contributed by atoms with Crippen LogP contribution >= 0.6 is 27.3 Å². The number of hydrogen-bond donors (Lipinski definition) is 1. The monoisotopic (exact) mass is 302 g/mol. The number of amides is 1. The summed E-state index contributed by atoms with van der Waals surface area (Å²) >= 11 is 4.91. The lowest BCUT2D eigenvalue weighted by Crippen LogP contribution is -2.46. The summed E-state index contributed by atoms with van der Waals surface area (Å²) in [5, 5.41) is 4.97. The van der Waals surface area contributed by atoms with E-state index in [9.17, 15) is 4.79 Å². The van der Waals surface area contributed by atoms with Crippen molar-refractivity contribution in [3.05, 3.63) is 20.8 Å². The number of nitrogens with one attached hydrogen (secondary N) is 1. The molecule has 1 atom stereocenters. The molecule has 0 aliphatic carbocycles. The highest BCUT2D eigenvalue weighted by Crippen LogP contribution is 2.20. The van der Waals surface area contributed by atoms with Gasteiger partial charge in [0.15, 0.2) is 0 Å². The van der Waals surface area contributed by atoms with Gasteiger partial charge in [0.25, 0.3) is 5.91 Å². The first-order chi connectivity index (χ1) is 7.65. The Kier molecular flexibility index (Phi) is 4.00. The van der Waals surface area contributed by atoms with Crippen molar-refractivity contribution < 1.29 is 4.79 Å². The van der Waals surface area contributed by atoms with Crippen LogP contribution in [-0.4, -0.2) is 37.0 Å². The normalized spacial score (nSPS) is 22.0. The molecule has 1 aliphatic rings. The third-order valence-electron chi connectivity index (χ3n) is 2.79. The smallest absolute Gasteiger partial charge is 0.252 e. The molecule has 1 unspecified atom stereocenters. The first-order valence-electron chi connectivity index (χ1n) is 5.38. The Hall–Kier alpha value is -0.390. The van der Waals surface area contributed by atoms with Crippen molar-refractivity contribution >= 4 is 33.2 Å². The van der Waals surface area contributed by atoms with Gasteiger partial charge in [-0.3, -0.25) is 4.79 Å². The molecule has 0 radical (unpaired) electrons. The highest BCUT2D eigenvalue weighted by atomic mass is 79.9. The molecule has 5 heteroatoms. The molecule has 1 saturated heterocycles. The van der Waals surface area contributed by atoms with Crippen molar-refractivity contribution in [2.75, 3.05) is 20.1 Å². The quantitative estimate of drug-likeness (QED) is 0.909. The van der Waals surface area contributed by atoms with Crippen molar-refractivity contribution in [3.63, 3.8) is 0 Å². The second-order valence-corrected chi connectivity index (χ2v) is 6.50. The number of likely N-dealkylation sites (N-methyl/N-ethyl adjacent to an activating group) is 1. The van der Waals surface area contributed by atoms with Crippen LogP contribution in [0.15, 0.2) is 15.2 Å². The van der Waals surface area contributed by atoms with Gasteiger partial charge in [0.2, 0.25) is 0 Å². The number of nitrogens with zero attached hydrogens (tertiary/aromatic N) is 1. The van der Waals surface area contributed by atoms with E-state index in [2.05, 4.69) is 33.2 Å². The van der Waals surface area contributed by atoms with Gasteiger partial charge >= 0.3 is 0 Å². The van der Waals surface area contributed by atoms with Gasteiger partial charge in [-0.2, -0.15) is 0 Å². The van der Waals surface area contributed by atoms with Gasteiger partial charge < -0.3 is 10.2 Å². The zero-order valence-corrected chi connectivity index (χ0v) is 11.6. The summed E-state index contributed by atoms with van der Waals surface area (Å²) in [4.78, 5) is 14.2. The predicted octanol–water partition coefficient (Wildman–Crippen LogP) is 2.33. The molecule has 2 rings (SSSR count). The number of hydrogen-bond acceptors (Lipinski definition) is 3. The fourth-order valence-corrected chi connectivity index (χ4v) is 3.12. The van der Waals surface area contributed by atoms with Gasteiger partial charge in [-0.25, -0.2) is 0 Å². The average molecular weight is 303 g/mol. The maximum atomic E-state index is 11.9. The molecule has 1 aliphatic heterocycles. The van der Waals surface area contributed by atoms with Gasteiger partial charge in [0, 0.05) is 18.0 Å². The SMILES string of the molecule is CN1CCCC(NC(=O)c2csc(Br)c2)C1. The first kappa shape index (κ1) is 12.1. The van der Waals surface area contributed by atoms with Crippen molar-refractivity contribution in [2.24, 2.45) is 0 Å². The summed E-state index contributed by atoms with van der Waals surface area (Å²) < 4.78 is 0.999. The summed E-state index contributed by atoms with van der Waals surface area (Å²) in [7, 11) is 2.10. The Bertz CT molecular complexity index is 380. The van der Waals surface area contributed by atoms with Crippen molar-refractivity contribution in [1.82, 2.24) is 10.2 Å². The summed E-state index contributed by atoms with van der Waals surface area (Å²) in [5.74, 6) is 0.0438. The molecule has 2 heterocycles. The molecular weight excluding hydrogens is 288 g/mol. The summed E-state index contributed by atoms with van der Waals surface area (Å²) in [6.45, 7) is 2.09. The third kappa shape index (κ3) is 3.06. The minimum Gasteiger partial charge on any atom is -0.348 e. The van der Waals surface area contributed by atoms with Crippen LogP contribution in [-0.2, 0) is 0 Å². The van der Waals surface area contributed by atoms with E-state index in [1.165, 1.54) is 0 Å². The number of thiophene rings is 1. The number of carbonyl (C=O) groups excluding carboxylic acids is 1.